The summed E-state index contributed by atoms with van der Waals surface area (Å²) in [7, 11) is 0. The molecule has 3 rings (SSSR count). The number of carbonyl (C=O) groups is 1. The van der Waals surface area contributed by atoms with E-state index in [-0.39, 0.29) is 12.0 Å². The number of carbonyl (C=O) groups excluding carboxylic acids is 1. The Balaban J connectivity index is 1.93. The summed E-state index contributed by atoms with van der Waals surface area (Å²) in [6, 6.07) is 0. The Morgan fingerprint density at radius 1 is 1.57 bits per heavy atom. The van der Waals surface area contributed by atoms with Crippen LogP contribution < -0.4 is 0 Å². The van der Waals surface area contributed by atoms with Crippen molar-refractivity contribution in [3.05, 3.63) is 5.82 Å². The molecular formula is C8H9N3O2S. The van der Waals surface area contributed by atoms with Crippen molar-refractivity contribution in [2.45, 2.75) is 24.1 Å². The van der Waals surface area contributed by atoms with E-state index in [0.717, 1.165) is 19.4 Å². The number of hydrogen-bond donors (Lipinski definition) is 0. The van der Waals surface area contributed by atoms with E-state index in [4.69, 9.17) is 4.74 Å². The molecule has 1 unspecified atom stereocenters. The van der Waals surface area contributed by atoms with Gasteiger partial charge in [0.15, 0.2) is 11.0 Å². The number of nitrogens with zero attached hydrogens (tertiary/aromatic N) is 3. The molecule has 0 radical (unpaired) electrons. The lowest BCUT2D eigenvalue weighted by molar-refractivity contribution is 0.0913. The Bertz CT molecular complexity index is 384. The molecule has 1 aromatic heterocycles. The first-order valence-corrected chi connectivity index (χ1v) is 5.58. The van der Waals surface area contributed by atoms with Crippen LogP contribution in [0.3, 0.4) is 0 Å². The van der Waals surface area contributed by atoms with Crippen molar-refractivity contribution in [3.8, 4) is 0 Å². The Labute approximate surface area is 84.8 Å². The maximum absolute atomic E-state index is 11.3. The van der Waals surface area contributed by atoms with Crippen LogP contribution in [-0.2, 0) is 4.74 Å². The minimum absolute atomic E-state index is 0.00139. The van der Waals surface area contributed by atoms with Gasteiger partial charge < -0.3 is 4.74 Å². The summed E-state index contributed by atoms with van der Waals surface area (Å²) >= 11 is 1.44. The average molecular weight is 211 g/mol. The largest absolute Gasteiger partial charge is 0.370 e. The number of hydrogen-bond acceptors (Lipinski definition) is 5. The second-order valence-corrected chi connectivity index (χ2v) is 4.29. The third-order valence-corrected chi connectivity index (χ3v) is 3.29. The molecule has 0 N–H and O–H groups in total. The van der Waals surface area contributed by atoms with Crippen LogP contribution >= 0.6 is 11.8 Å². The maximum atomic E-state index is 11.3. The molecule has 2 aliphatic rings. The van der Waals surface area contributed by atoms with E-state index >= 15 is 0 Å². The van der Waals surface area contributed by atoms with E-state index in [0.29, 0.717) is 16.7 Å². The topological polar surface area (TPSA) is 57.0 Å². The molecule has 1 aromatic rings. The van der Waals surface area contributed by atoms with E-state index in [1.807, 2.05) is 0 Å². The molecule has 0 aromatic carbocycles. The highest BCUT2D eigenvalue weighted by molar-refractivity contribution is 8.00. The molecule has 6 heteroatoms. The maximum Gasteiger partial charge on any atom is 0.259 e. The summed E-state index contributed by atoms with van der Waals surface area (Å²) < 4.78 is 6.84. The first-order valence-electron chi connectivity index (χ1n) is 4.59. The van der Waals surface area contributed by atoms with Crippen molar-refractivity contribution in [1.82, 2.24) is 14.8 Å². The highest BCUT2D eigenvalue weighted by Gasteiger charge is 2.28. The number of fused-ring (bicyclic) bond motifs is 1. The quantitative estimate of drug-likeness (QED) is 0.690. The minimum Gasteiger partial charge on any atom is -0.370 e. The molecule has 0 spiro atoms. The summed E-state index contributed by atoms with van der Waals surface area (Å²) in [6.45, 7) is 0.773. The third kappa shape index (κ3) is 1.18. The first-order chi connectivity index (χ1) is 6.84. The predicted molar refractivity (Wildman–Crippen MR) is 49.3 cm³/mol. The zero-order valence-electron chi connectivity index (χ0n) is 7.47. The normalized spacial score (nSPS) is 25.7. The lowest BCUT2D eigenvalue weighted by Gasteiger charge is -2.02. The van der Waals surface area contributed by atoms with E-state index < -0.39 is 0 Å². The monoisotopic (exact) mass is 211 g/mol. The predicted octanol–water partition coefficient (Wildman–Crippen LogP) is 0.875. The van der Waals surface area contributed by atoms with Crippen LogP contribution in [-0.4, -0.2) is 33.0 Å². The van der Waals surface area contributed by atoms with E-state index in [1.54, 1.807) is 0 Å². The molecule has 3 heterocycles. The average Bonchev–Trinajstić information content (AvgIpc) is 2.83. The van der Waals surface area contributed by atoms with Gasteiger partial charge in [-0.15, -0.1) is 5.10 Å². The molecule has 14 heavy (non-hydrogen) atoms. The van der Waals surface area contributed by atoms with Crippen LogP contribution in [0.4, 0.5) is 0 Å². The van der Waals surface area contributed by atoms with Crippen LogP contribution in [0.15, 0.2) is 5.16 Å². The van der Waals surface area contributed by atoms with Gasteiger partial charge in [-0.25, -0.2) is 4.98 Å². The molecule has 2 aliphatic heterocycles. The summed E-state index contributed by atoms with van der Waals surface area (Å²) in [5.74, 6) is 1.14. The molecule has 0 aliphatic carbocycles. The summed E-state index contributed by atoms with van der Waals surface area (Å²) in [5, 5.41) is 4.87. The lowest BCUT2D eigenvalue weighted by atomic mass is 10.2. The fourth-order valence-corrected chi connectivity index (χ4v) is 2.47. The van der Waals surface area contributed by atoms with E-state index in [1.165, 1.54) is 16.4 Å². The smallest absolute Gasteiger partial charge is 0.259 e. The Morgan fingerprint density at radius 2 is 2.50 bits per heavy atom. The van der Waals surface area contributed by atoms with Gasteiger partial charge in [0.1, 0.15) is 6.10 Å². The van der Waals surface area contributed by atoms with Gasteiger partial charge in [0.05, 0.1) is 5.75 Å². The molecular weight excluding hydrogens is 202 g/mol. The van der Waals surface area contributed by atoms with Gasteiger partial charge in [0, 0.05) is 6.61 Å². The van der Waals surface area contributed by atoms with Gasteiger partial charge in [-0.1, -0.05) is 11.8 Å². The van der Waals surface area contributed by atoms with Crippen molar-refractivity contribution < 1.29 is 9.53 Å². The van der Waals surface area contributed by atoms with Gasteiger partial charge >= 0.3 is 0 Å². The molecule has 0 bridgehead atoms. The fourth-order valence-electron chi connectivity index (χ4n) is 1.67. The standard InChI is InChI=1S/C8H9N3O2S/c12-6-4-14-8-9-7(10-11(6)8)5-2-1-3-13-5/h5H,1-4H2. The zero-order chi connectivity index (χ0) is 9.54. The molecule has 74 valence electrons. The SMILES string of the molecule is O=C1CSc2nc(C3CCCO3)nn21. The van der Waals surface area contributed by atoms with Gasteiger partial charge in [-0.2, -0.15) is 4.68 Å². The van der Waals surface area contributed by atoms with Crippen molar-refractivity contribution in [2.75, 3.05) is 12.4 Å². The van der Waals surface area contributed by atoms with Gasteiger partial charge in [0.25, 0.3) is 5.91 Å². The third-order valence-electron chi connectivity index (χ3n) is 2.37. The van der Waals surface area contributed by atoms with Crippen LogP contribution in [0, 0.1) is 0 Å². The fraction of sp³-hybridized carbons (Fsp3) is 0.625. The van der Waals surface area contributed by atoms with Crippen molar-refractivity contribution in [2.24, 2.45) is 0 Å². The highest BCUT2D eigenvalue weighted by atomic mass is 32.2. The van der Waals surface area contributed by atoms with E-state index in [9.17, 15) is 4.79 Å². The van der Waals surface area contributed by atoms with Gasteiger partial charge in [-0.05, 0) is 12.8 Å². The van der Waals surface area contributed by atoms with Crippen molar-refractivity contribution >= 4 is 17.7 Å². The molecule has 5 nitrogen and oxygen atoms in total. The Hall–Kier alpha value is -0.880. The molecule has 1 fully saturated rings. The molecule has 1 saturated heterocycles. The van der Waals surface area contributed by atoms with Crippen molar-refractivity contribution in [1.29, 1.82) is 0 Å². The summed E-state index contributed by atoms with van der Waals surface area (Å²) in [4.78, 5) is 15.6. The summed E-state index contributed by atoms with van der Waals surface area (Å²) in [5.41, 5.74) is 0. The highest BCUT2D eigenvalue weighted by Crippen LogP contribution is 2.30. The second kappa shape index (κ2) is 3.06. The van der Waals surface area contributed by atoms with Gasteiger partial charge in [0.2, 0.25) is 0 Å². The molecule has 0 saturated carbocycles. The Kier molecular flexibility index (Phi) is 1.84. The number of thioether (sulfide) groups is 1. The van der Waals surface area contributed by atoms with Crippen LogP contribution in [0.5, 0.6) is 0 Å². The minimum atomic E-state index is 0.00139. The zero-order valence-corrected chi connectivity index (χ0v) is 8.29. The number of ether oxygens (including phenoxy) is 1. The van der Waals surface area contributed by atoms with Crippen LogP contribution in [0.2, 0.25) is 0 Å². The van der Waals surface area contributed by atoms with Crippen LogP contribution in [0.25, 0.3) is 0 Å². The lowest BCUT2D eigenvalue weighted by Crippen LogP contribution is -2.10. The Morgan fingerprint density at radius 3 is 3.21 bits per heavy atom. The van der Waals surface area contributed by atoms with E-state index in [2.05, 4.69) is 10.1 Å². The number of rotatable bonds is 1. The first kappa shape index (κ1) is 8.43. The summed E-state index contributed by atoms with van der Waals surface area (Å²) in [6.07, 6.45) is 2.01. The van der Waals surface area contributed by atoms with Crippen molar-refractivity contribution in [3.63, 3.8) is 0 Å². The second-order valence-electron chi connectivity index (χ2n) is 3.35. The van der Waals surface area contributed by atoms with Crippen LogP contribution in [0.1, 0.15) is 29.6 Å². The molecule has 0 amide bonds. The molecule has 1 atom stereocenters. The number of aromatic nitrogens is 3. The van der Waals surface area contributed by atoms with Gasteiger partial charge in [-0.3, -0.25) is 4.79 Å².